The lowest BCUT2D eigenvalue weighted by atomic mass is 9.89. The van der Waals surface area contributed by atoms with Crippen molar-refractivity contribution >= 4 is 54.0 Å². The van der Waals surface area contributed by atoms with Gasteiger partial charge in [-0.15, -0.1) is 11.3 Å². The molecule has 6 nitrogen and oxygen atoms in total. The molecular formula is C17H19BrFN3O3S2. The summed E-state index contributed by atoms with van der Waals surface area (Å²) in [4.78, 5) is 17.1. The van der Waals surface area contributed by atoms with E-state index in [4.69, 9.17) is 0 Å². The van der Waals surface area contributed by atoms with Crippen LogP contribution >= 0.6 is 27.3 Å². The van der Waals surface area contributed by atoms with Crippen molar-refractivity contribution in [3.8, 4) is 0 Å². The van der Waals surface area contributed by atoms with Crippen molar-refractivity contribution in [3.05, 3.63) is 39.1 Å². The number of hydrogen-bond acceptors (Lipinski definition) is 5. The van der Waals surface area contributed by atoms with E-state index in [-0.39, 0.29) is 16.3 Å². The molecule has 1 amide bonds. The van der Waals surface area contributed by atoms with Crippen LogP contribution in [0.2, 0.25) is 0 Å². The van der Waals surface area contributed by atoms with Gasteiger partial charge in [-0.1, -0.05) is 0 Å². The maximum atomic E-state index is 14.0. The first-order valence-electron chi connectivity index (χ1n) is 8.26. The number of nitrogens with zero attached hydrogens (tertiary/aromatic N) is 1. The van der Waals surface area contributed by atoms with E-state index >= 15 is 0 Å². The quantitative estimate of drug-likeness (QED) is 0.655. The highest BCUT2D eigenvalue weighted by atomic mass is 79.9. The molecule has 1 heterocycles. The third-order valence-electron chi connectivity index (χ3n) is 4.49. The Morgan fingerprint density at radius 1 is 1.37 bits per heavy atom. The van der Waals surface area contributed by atoms with Crippen molar-refractivity contribution in [2.24, 2.45) is 0 Å². The molecule has 27 heavy (non-hydrogen) atoms. The van der Waals surface area contributed by atoms with Crippen molar-refractivity contribution in [2.75, 3.05) is 10.0 Å². The number of benzene rings is 1. The van der Waals surface area contributed by atoms with Gasteiger partial charge >= 0.3 is 0 Å². The Hall–Kier alpha value is -1.52. The number of halogens is 2. The van der Waals surface area contributed by atoms with Gasteiger partial charge in [0, 0.05) is 16.6 Å². The van der Waals surface area contributed by atoms with Gasteiger partial charge in [-0.3, -0.25) is 9.52 Å². The SMILES string of the molecule is Cc1c(NC(=O)C(C)(C)c2csc(NS(=O)(=O)C3CC3)n2)ccc(Br)c1F. The van der Waals surface area contributed by atoms with Crippen LogP contribution in [-0.2, 0) is 20.2 Å². The van der Waals surface area contributed by atoms with Crippen molar-refractivity contribution < 1.29 is 17.6 Å². The highest BCUT2D eigenvalue weighted by Gasteiger charge is 2.37. The Morgan fingerprint density at radius 3 is 2.67 bits per heavy atom. The number of aromatic nitrogens is 1. The second kappa shape index (κ2) is 7.14. The fourth-order valence-corrected chi connectivity index (χ4v) is 5.28. The maximum absolute atomic E-state index is 14.0. The summed E-state index contributed by atoms with van der Waals surface area (Å²) in [7, 11) is -3.40. The lowest BCUT2D eigenvalue weighted by Crippen LogP contribution is -2.35. The predicted molar refractivity (Wildman–Crippen MR) is 108 cm³/mol. The fraction of sp³-hybridized carbons (Fsp3) is 0.412. The van der Waals surface area contributed by atoms with Crippen LogP contribution in [-0.4, -0.2) is 24.6 Å². The number of nitrogens with one attached hydrogen (secondary N) is 2. The summed E-state index contributed by atoms with van der Waals surface area (Å²) in [6.07, 6.45) is 1.31. The lowest BCUT2D eigenvalue weighted by molar-refractivity contribution is -0.120. The van der Waals surface area contributed by atoms with Gasteiger partial charge in [0.05, 0.1) is 20.8 Å². The van der Waals surface area contributed by atoms with Gasteiger partial charge in [0.25, 0.3) is 0 Å². The highest BCUT2D eigenvalue weighted by Crippen LogP contribution is 2.33. The molecule has 1 aliphatic carbocycles. The van der Waals surface area contributed by atoms with Crippen LogP contribution in [0.4, 0.5) is 15.2 Å². The molecule has 1 aliphatic rings. The van der Waals surface area contributed by atoms with Gasteiger partial charge in [-0.25, -0.2) is 17.8 Å². The molecule has 0 aliphatic heterocycles. The molecule has 1 saturated carbocycles. The molecule has 0 bridgehead atoms. The minimum atomic E-state index is -3.40. The number of carbonyl (C=O) groups excluding carboxylic acids is 1. The van der Waals surface area contributed by atoms with Crippen LogP contribution in [0, 0.1) is 12.7 Å². The molecule has 146 valence electrons. The minimum Gasteiger partial charge on any atom is -0.325 e. The van der Waals surface area contributed by atoms with Gasteiger partial charge < -0.3 is 5.32 Å². The molecule has 2 aromatic rings. The molecule has 0 saturated heterocycles. The monoisotopic (exact) mass is 475 g/mol. The van der Waals surface area contributed by atoms with Gasteiger partial charge in [-0.05, 0) is 61.7 Å². The number of hydrogen-bond donors (Lipinski definition) is 2. The third kappa shape index (κ3) is 4.17. The van der Waals surface area contributed by atoms with Crippen LogP contribution in [0.5, 0.6) is 0 Å². The van der Waals surface area contributed by atoms with Gasteiger partial charge in [0.2, 0.25) is 15.9 Å². The second-order valence-corrected chi connectivity index (χ2v) is 10.7. The zero-order valence-electron chi connectivity index (χ0n) is 15.0. The van der Waals surface area contributed by atoms with Crippen LogP contribution in [0.25, 0.3) is 0 Å². The second-order valence-electron chi connectivity index (χ2n) is 7.00. The Kier molecular flexibility index (Phi) is 5.35. The minimum absolute atomic E-state index is 0.239. The lowest BCUT2D eigenvalue weighted by Gasteiger charge is -2.22. The van der Waals surface area contributed by atoms with Gasteiger partial charge in [-0.2, -0.15) is 0 Å². The number of anilines is 2. The Bertz CT molecular complexity index is 1000. The number of carbonyl (C=O) groups is 1. The molecular weight excluding hydrogens is 457 g/mol. The van der Waals surface area contributed by atoms with E-state index in [0.717, 1.165) is 11.3 Å². The first kappa shape index (κ1) is 20.2. The van der Waals surface area contributed by atoms with Crippen LogP contribution in [0.1, 0.15) is 37.9 Å². The summed E-state index contributed by atoms with van der Waals surface area (Å²) in [6, 6.07) is 3.14. The van der Waals surface area contributed by atoms with E-state index in [1.54, 1.807) is 32.2 Å². The summed E-state index contributed by atoms with van der Waals surface area (Å²) < 4.78 is 40.9. The number of rotatable bonds is 6. The van der Waals surface area contributed by atoms with Crippen molar-refractivity contribution in [1.29, 1.82) is 0 Å². The van der Waals surface area contributed by atoms with E-state index in [9.17, 15) is 17.6 Å². The van der Waals surface area contributed by atoms with Crippen molar-refractivity contribution in [3.63, 3.8) is 0 Å². The van der Waals surface area contributed by atoms with Crippen molar-refractivity contribution in [1.82, 2.24) is 4.98 Å². The zero-order chi connectivity index (χ0) is 20.0. The smallest absolute Gasteiger partial charge is 0.237 e. The molecule has 1 aromatic carbocycles. The highest BCUT2D eigenvalue weighted by molar-refractivity contribution is 9.10. The normalized spacial score (nSPS) is 14.9. The molecule has 10 heteroatoms. The Labute approximate surface area is 169 Å². The Morgan fingerprint density at radius 2 is 2.04 bits per heavy atom. The van der Waals surface area contributed by atoms with E-state index < -0.39 is 21.3 Å². The maximum Gasteiger partial charge on any atom is 0.237 e. The number of thiazole rings is 1. The third-order valence-corrected chi connectivity index (χ3v) is 7.82. The topological polar surface area (TPSA) is 88.2 Å². The number of amides is 1. The molecule has 1 aromatic heterocycles. The molecule has 3 rings (SSSR count). The van der Waals surface area contributed by atoms with E-state index in [0.29, 0.717) is 34.3 Å². The van der Waals surface area contributed by atoms with Crippen molar-refractivity contribution in [2.45, 2.75) is 44.3 Å². The standard InChI is InChI=1S/C17H19BrFN3O3S2/c1-9-12(7-6-11(18)14(9)19)20-15(23)17(2,3)13-8-26-16(21-13)22-27(24,25)10-4-5-10/h6-8,10H,4-5H2,1-3H3,(H,20,23)(H,21,22). The fourth-order valence-electron chi connectivity index (χ4n) is 2.37. The van der Waals surface area contributed by atoms with E-state index in [1.165, 1.54) is 6.07 Å². The van der Waals surface area contributed by atoms with Crippen LogP contribution in [0.3, 0.4) is 0 Å². The summed E-state index contributed by atoms with van der Waals surface area (Å²) in [5.74, 6) is -0.801. The molecule has 2 N–H and O–H groups in total. The molecule has 0 unspecified atom stereocenters. The largest absolute Gasteiger partial charge is 0.325 e. The zero-order valence-corrected chi connectivity index (χ0v) is 18.2. The Balaban J connectivity index is 1.78. The average molecular weight is 476 g/mol. The van der Waals surface area contributed by atoms with E-state index in [2.05, 4.69) is 31.0 Å². The first-order chi connectivity index (χ1) is 12.5. The molecule has 0 atom stereocenters. The number of sulfonamides is 1. The van der Waals surface area contributed by atoms with Gasteiger partial charge in [0.1, 0.15) is 5.82 Å². The van der Waals surface area contributed by atoms with Gasteiger partial charge in [0.15, 0.2) is 5.13 Å². The summed E-state index contributed by atoms with van der Waals surface area (Å²) in [5.41, 5.74) is 0.104. The van der Waals surface area contributed by atoms with Crippen LogP contribution < -0.4 is 10.0 Å². The molecule has 1 fully saturated rings. The van der Waals surface area contributed by atoms with Crippen LogP contribution in [0.15, 0.2) is 22.0 Å². The summed E-state index contributed by atoms with van der Waals surface area (Å²) >= 11 is 4.24. The summed E-state index contributed by atoms with van der Waals surface area (Å²) in [6.45, 7) is 4.94. The molecule has 0 spiro atoms. The first-order valence-corrected chi connectivity index (χ1v) is 11.5. The van der Waals surface area contributed by atoms with E-state index in [1.807, 2.05) is 0 Å². The predicted octanol–water partition coefficient (Wildman–Crippen LogP) is 4.17. The summed E-state index contributed by atoms with van der Waals surface area (Å²) in [5, 5.41) is 4.27. The molecule has 0 radical (unpaired) electrons. The average Bonchev–Trinajstić information content (AvgIpc) is 3.36.